The topological polar surface area (TPSA) is 74.2 Å². The smallest absolute Gasteiger partial charge is 0.251 e. The molecule has 0 saturated carbocycles. The van der Waals surface area contributed by atoms with Crippen molar-refractivity contribution < 1.29 is 14.6 Å². The molecule has 3 rings (SSSR count). The number of carbonyl (C=O) groups is 1. The van der Waals surface area contributed by atoms with Crippen molar-refractivity contribution in [2.75, 3.05) is 27.3 Å². The predicted molar refractivity (Wildman–Crippen MR) is 120 cm³/mol. The second-order valence-corrected chi connectivity index (χ2v) is 7.65. The number of ether oxygens (including phenoxy) is 1. The average molecular weight is 405 g/mol. The van der Waals surface area contributed by atoms with Gasteiger partial charge in [0.15, 0.2) is 0 Å². The minimum atomic E-state index is -0.672. The molecule has 1 unspecified atom stereocenters. The summed E-state index contributed by atoms with van der Waals surface area (Å²) in [7, 11) is 9.39. The monoisotopic (exact) mass is 405 g/mol. The SMILES string of the molecule is [B]c1ccc(C(=O)NC2c3cc(N=C(C)N(C)CCCOC)ccc3C[C@H]2O)cc1. The number of amidine groups is 1. The Kier molecular flexibility index (Phi) is 7.29. The standard InChI is InChI=1S/C23H28BN3O3/c1-15(27(2)11-4-12-30-3)25-19-10-7-17-13-21(28)22(20(17)14-19)26-23(29)16-5-8-18(24)9-6-16/h5-10,14,21-22,28H,4,11-13H2,1-3H3,(H,26,29)/t21-,22?/m1/s1. The number of aliphatic hydroxyl groups excluding tert-OH is 1. The van der Waals surface area contributed by atoms with Crippen LogP contribution in [0.2, 0.25) is 0 Å². The zero-order valence-electron chi connectivity index (χ0n) is 17.8. The van der Waals surface area contributed by atoms with Gasteiger partial charge < -0.3 is 20.1 Å². The molecular weight excluding hydrogens is 377 g/mol. The molecule has 1 aliphatic carbocycles. The molecule has 30 heavy (non-hydrogen) atoms. The van der Waals surface area contributed by atoms with Crippen LogP contribution < -0.4 is 10.8 Å². The molecule has 0 fully saturated rings. The number of amides is 1. The molecule has 156 valence electrons. The van der Waals surface area contributed by atoms with Crippen molar-refractivity contribution in [2.45, 2.75) is 31.9 Å². The Bertz CT molecular complexity index is 914. The van der Waals surface area contributed by atoms with E-state index in [1.54, 1.807) is 31.4 Å². The van der Waals surface area contributed by atoms with Crippen molar-refractivity contribution in [3.63, 3.8) is 0 Å². The van der Waals surface area contributed by atoms with E-state index in [1.807, 2.05) is 32.2 Å². The summed E-state index contributed by atoms with van der Waals surface area (Å²) in [5.74, 6) is 0.655. The number of aliphatic imine (C=N–C) groups is 1. The first kappa shape index (κ1) is 22.1. The van der Waals surface area contributed by atoms with E-state index in [-0.39, 0.29) is 5.91 Å². The van der Waals surface area contributed by atoms with Crippen molar-refractivity contribution in [1.82, 2.24) is 10.2 Å². The van der Waals surface area contributed by atoms with Crippen LogP contribution >= 0.6 is 0 Å². The average Bonchev–Trinajstić information content (AvgIpc) is 3.03. The fraction of sp³-hybridized carbons (Fsp3) is 0.391. The third-order valence-corrected chi connectivity index (χ3v) is 5.42. The first-order chi connectivity index (χ1) is 14.4. The number of hydrogen-bond donors (Lipinski definition) is 2. The molecule has 2 N–H and O–H groups in total. The fourth-order valence-electron chi connectivity index (χ4n) is 3.59. The minimum absolute atomic E-state index is 0.241. The van der Waals surface area contributed by atoms with E-state index in [0.29, 0.717) is 24.1 Å². The predicted octanol–water partition coefficient (Wildman–Crippen LogP) is 1.89. The van der Waals surface area contributed by atoms with Crippen molar-refractivity contribution in [3.8, 4) is 0 Å². The largest absolute Gasteiger partial charge is 0.390 e. The van der Waals surface area contributed by atoms with E-state index >= 15 is 0 Å². The summed E-state index contributed by atoms with van der Waals surface area (Å²) in [5.41, 5.74) is 3.83. The van der Waals surface area contributed by atoms with Crippen LogP contribution in [0, 0.1) is 0 Å². The number of benzene rings is 2. The van der Waals surface area contributed by atoms with Gasteiger partial charge in [-0.3, -0.25) is 4.79 Å². The van der Waals surface area contributed by atoms with Crippen molar-refractivity contribution in [1.29, 1.82) is 0 Å². The molecule has 2 aromatic carbocycles. The van der Waals surface area contributed by atoms with Gasteiger partial charge in [0.25, 0.3) is 5.91 Å². The minimum Gasteiger partial charge on any atom is -0.390 e. The number of aliphatic hydroxyl groups is 1. The third-order valence-electron chi connectivity index (χ3n) is 5.42. The van der Waals surface area contributed by atoms with Gasteiger partial charge >= 0.3 is 0 Å². The Morgan fingerprint density at radius 1 is 1.30 bits per heavy atom. The van der Waals surface area contributed by atoms with E-state index in [0.717, 1.165) is 35.6 Å². The molecule has 0 saturated heterocycles. The zero-order valence-corrected chi connectivity index (χ0v) is 17.8. The molecule has 6 nitrogen and oxygen atoms in total. The van der Waals surface area contributed by atoms with Crippen LogP contribution in [0.1, 0.15) is 40.9 Å². The van der Waals surface area contributed by atoms with Gasteiger partial charge in [-0.15, -0.1) is 0 Å². The van der Waals surface area contributed by atoms with E-state index in [1.165, 1.54) is 0 Å². The normalized spacial score (nSPS) is 18.2. The summed E-state index contributed by atoms with van der Waals surface area (Å²) in [6.07, 6.45) is 0.756. The van der Waals surface area contributed by atoms with E-state index < -0.39 is 12.1 Å². The summed E-state index contributed by atoms with van der Waals surface area (Å²) >= 11 is 0. The molecule has 0 aliphatic heterocycles. The maximum absolute atomic E-state index is 12.6. The molecule has 0 heterocycles. The van der Waals surface area contributed by atoms with Crippen molar-refractivity contribution in [2.24, 2.45) is 4.99 Å². The maximum Gasteiger partial charge on any atom is 0.251 e. The van der Waals surface area contributed by atoms with Crippen LogP contribution in [0.25, 0.3) is 0 Å². The van der Waals surface area contributed by atoms with Crippen molar-refractivity contribution in [3.05, 3.63) is 59.2 Å². The Balaban J connectivity index is 1.75. The van der Waals surface area contributed by atoms with Crippen LogP contribution in [-0.2, 0) is 11.2 Å². The van der Waals surface area contributed by atoms with Gasteiger partial charge in [0.1, 0.15) is 13.7 Å². The first-order valence-electron chi connectivity index (χ1n) is 10.1. The maximum atomic E-state index is 12.6. The Hall–Kier alpha value is -2.64. The Morgan fingerprint density at radius 2 is 2.03 bits per heavy atom. The van der Waals surface area contributed by atoms with Gasteiger partial charge in [-0.25, -0.2) is 4.99 Å². The van der Waals surface area contributed by atoms with E-state index in [4.69, 9.17) is 17.6 Å². The molecule has 2 aromatic rings. The molecule has 7 heteroatoms. The summed E-state index contributed by atoms with van der Waals surface area (Å²) < 4.78 is 5.10. The number of rotatable bonds is 7. The van der Waals surface area contributed by atoms with Gasteiger partial charge in [-0.05, 0) is 36.6 Å². The number of fused-ring (bicyclic) bond motifs is 1. The molecule has 1 amide bonds. The fourth-order valence-corrected chi connectivity index (χ4v) is 3.59. The summed E-state index contributed by atoms with van der Waals surface area (Å²) in [5, 5.41) is 13.5. The summed E-state index contributed by atoms with van der Waals surface area (Å²) in [4.78, 5) is 19.4. The first-order valence-corrected chi connectivity index (χ1v) is 10.1. The summed E-state index contributed by atoms with van der Waals surface area (Å²) in [6, 6.07) is 12.1. The highest BCUT2D eigenvalue weighted by atomic mass is 16.5. The van der Waals surface area contributed by atoms with Gasteiger partial charge in [-0.1, -0.05) is 35.8 Å². The van der Waals surface area contributed by atoms with Crippen molar-refractivity contribution >= 4 is 30.7 Å². The van der Waals surface area contributed by atoms with Gasteiger partial charge in [0.05, 0.1) is 17.8 Å². The number of methoxy groups -OCH3 is 1. The van der Waals surface area contributed by atoms with Gasteiger partial charge in [0, 0.05) is 39.3 Å². The van der Waals surface area contributed by atoms with E-state index in [9.17, 15) is 9.90 Å². The van der Waals surface area contributed by atoms with Crippen LogP contribution in [0.5, 0.6) is 0 Å². The highest BCUT2D eigenvalue weighted by Gasteiger charge is 2.32. The second-order valence-electron chi connectivity index (χ2n) is 7.65. The lowest BCUT2D eigenvalue weighted by atomic mass is 9.95. The van der Waals surface area contributed by atoms with Crippen LogP contribution in [0.3, 0.4) is 0 Å². The van der Waals surface area contributed by atoms with Crippen LogP contribution in [0.4, 0.5) is 5.69 Å². The zero-order chi connectivity index (χ0) is 21.7. The summed E-state index contributed by atoms with van der Waals surface area (Å²) in [6.45, 7) is 3.53. The highest BCUT2D eigenvalue weighted by Crippen LogP contribution is 2.34. The lowest BCUT2D eigenvalue weighted by molar-refractivity contribution is 0.0858. The second kappa shape index (κ2) is 9.91. The number of nitrogens with zero attached hydrogens (tertiary/aromatic N) is 2. The lowest BCUT2D eigenvalue weighted by Gasteiger charge is -2.19. The molecule has 1 aliphatic rings. The highest BCUT2D eigenvalue weighted by molar-refractivity contribution is 6.32. The molecule has 0 aromatic heterocycles. The van der Waals surface area contributed by atoms with Gasteiger partial charge in [0.2, 0.25) is 0 Å². The third kappa shape index (κ3) is 5.29. The molecule has 0 spiro atoms. The lowest BCUT2D eigenvalue weighted by Crippen LogP contribution is -2.34. The quantitative estimate of drug-likeness (QED) is 0.319. The Labute approximate surface area is 179 Å². The van der Waals surface area contributed by atoms with Gasteiger partial charge in [-0.2, -0.15) is 0 Å². The molecule has 0 bridgehead atoms. The number of carbonyl (C=O) groups excluding carboxylic acids is 1. The molecule has 2 atom stereocenters. The number of nitrogens with one attached hydrogen (secondary N) is 1. The van der Waals surface area contributed by atoms with E-state index in [2.05, 4.69) is 10.2 Å². The number of hydrogen-bond acceptors (Lipinski definition) is 4. The molecular formula is C23H28BN3O3. The van der Waals surface area contributed by atoms with Crippen LogP contribution in [0.15, 0.2) is 47.5 Å². The Morgan fingerprint density at radius 3 is 2.73 bits per heavy atom. The molecule has 2 radical (unpaired) electrons. The van der Waals surface area contributed by atoms with Crippen LogP contribution in [-0.4, -0.2) is 63.0 Å².